The molecule has 0 spiro atoms. The predicted molar refractivity (Wildman–Crippen MR) is 144 cm³/mol. The van der Waals surface area contributed by atoms with E-state index >= 15 is 0 Å². The molecular weight excluding hydrogens is 505 g/mol. The number of carbonyl (C=O) groups is 2. The van der Waals surface area contributed by atoms with Gasteiger partial charge in [0.15, 0.2) is 0 Å². The van der Waals surface area contributed by atoms with Gasteiger partial charge in [-0.2, -0.15) is 0 Å². The number of hydrogen-bond acceptors (Lipinski definition) is 7. The fourth-order valence-electron chi connectivity index (χ4n) is 5.13. The van der Waals surface area contributed by atoms with Gasteiger partial charge in [-0.05, 0) is 62.9 Å². The van der Waals surface area contributed by atoms with E-state index in [1.165, 1.54) is 18.6 Å². The SMILES string of the molecule is CCOC(=O)N1CCC(c2nc(-c3ccc(F)cc3)c(-c3ccnc(NC(=O)C4CCCCC4)n3)s2)CC1. The first-order chi connectivity index (χ1) is 18.5. The highest BCUT2D eigenvalue weighted by Crippen LogP contribution is 2.41. The van der Waals surface area contributed by atoms with Crippen molar-refractivity contribution in [3.63, 3.8) is 0 Å². The molecule has 0 radical (unpaired) electrons. The number of nitrogens with zero attached hydrogens (tertiary/aromatic N) is 4. The molecule has 2 aliphatic rings. The second kappa shape index (κ2) is 12.0. The van der Waals surface area contributed by atoms with E-state index in [1.807, 2.05) is 6.07 Å². The number of carbonyl (C=O) groups excluding carboxylic acids is 2. The molecule has 2 amide bonds. The number of halogens is 1. The zero-order chi connectivity index (χ0) is 26.5. The smallest absolute Gasteiger partial charge is 0.409 e. The molecule has 8 nitrogen and oxygen atoms in total. The van der Waals surface area contributed by atoms with Gasteiger partial charge in [0, 0.05) is 36.7 Å². The monoisotopic (exact) mass is 537 g/mol. The van der Waals surface area contributed by atoms with E-state index in [0.29, 0.717) is 25.4 Å². The van der Waals surface area contributed by atoms with E-state index in [2.05, 4.69) is 15.3 Å². The number of benzene rings is 1. The molecule has 2 fully saturated rings. The molecule has 1 saturated carbocycles. The first kappa shape index (κ1) is 26.2. The molecule has 0 bridgehead atoms. The van der Waals surface area contributed by atoms with Crippen molar-refractivity contribution in [2.45, 2.75) is 57.8 Å². The molecule has 1 aliphatic heterocycles. The lowest BCUT2D eigenvalue weighted by Gasteiger charge is -2.30. The van der Waals surface area contributed by atoms with Gasteiger partial charge in [0.05, 0.1) is 27.9 Å². The summed E-state index contributed by atoms with van der Waals surface area (Å²) in [6.45, 7) is 3.38. The zero-order valence-electron chi connectivity index (χ0n) is 21.5. The van der Waals surface area contributed by atoms with Crippen LogP contribution in [0.15, 0.2) is 36.5 Å². The number of ether oxygens (including phenoxy) is 1. The normalized spacial score (nSPS) is 16.8. The number of thiazole rings is 1. The molecule has 3 aromatic rings. The fourth-order valence-corrected chi connectivity index (χ4v) is 6.36. The average molecular weight is 538 g/mol. The van der Waals surface area contributed by atoms with Gasteiger partial charge in [-0.1, -0.05) is 19.3 Å². The fraction of sp³-hybridized carbons (Fsp3) is 0.464. The van der Waals surface area contributed by atoms with Crippen LogP contribution in [0.3, 0.4) is 0 Å². The van der Waals surface area contributed by atoms with E-state index in [4.69, 9.17) is 9.72 Å². The van der Waals surface area contributed by atoms with Crippen LogP contribution in [0.25, 0.3) is 21.8 Å². The van der Waals surface area contributed by atoms with Crippen molar-refractivity contribution >= 4 is 29.3 Å². The Bertz CT molecular complexity index is 1270. The lowest BCUT2D eigenvalue weighted by molar-refractivity contribution is -0.120. The summed E-state index contributed by atoms with van der Waals surface area (Å²) in [5.41, 5.74) is 2.17. The van der Waals surface area contributed by atoms with Crippen LogP contribution in [-0.4, -0.2) is 51.5 Å². The van der Waals surface area contributed by atoms with Crippen LogP contribution in [0.2, 0.25) is 0 Å². The predicted octanol–water partition coefficient (Wildman–Crippen LogP) is 6.26. The van der Waals surface area contributed by atoms with E-state index < -0.39 is 0 Å². The van der Waals surface area contributed by atoms with Crippen LogP contribution < -0.4 is 5.32 Å². The molecule has 0 unspecified atom stereocenters. The Morgan fingerprint density at radius 1 is 1.05 bits per heavy atom. The van der Waals surface area contributed by atoms with Gasteiger partial charge in [0.25, 0.3) is 0 Å². The Morgan fingerprint density at radius 2 is 1.79 bits per heavy atom. The quantitative estimate of drug-likeness (QED) is 0.399. The molecule has 10 heteroatoms. The number of rotatable bonds is 6. The highest BCUT2D eigenvalue weighted by atomic mass is 32.1. The van der Waals surface area contributed by atoms with Gasteiger partial charge in [-0.15, -0.1) is 11.3 Å². The van der Waals surface area contributed by atoms with Crippen LogP contribution in [0, 0.1) is 11.7 Å². The van der Waals surface area contributed by atoms with Crippen molar-refractivity contribution in [3.05, 3.63) is 47.4 Å². The van der Waals surface area contributed by atoms with Crippen LogP contribution in [-0.2, 0) is 9.53 Å². The summed E-state index contributed by atoms with van der Waals surface area (Å²) in [6.07, 6.45) is 8.04. The van der Waals surface area contributed by atoms with Crippen molar-refractivity contribution in [2.24, 2.45) is 5.92 Å². The van der Waals surface area contributed by atoms with Crippen LogP contribution in [0.5, 0.6) is 0 Å². The molecule has 1 saturated heterocycles. The number of amides is 2. The second-order valence-electron chi connectivity index (χ2n) is 9.79. The van der Waals surface area contributed by atoms with Crippen LogP contribution in [0.1, 0.15) is 62.8 Å². The summed E-state index contributed by atoms with van der Waals surface area (Å²) in [5, 5.41) is 3.86. The van der Waals surface area contributed by atoms with Gasteiger partial charge in [0.2, 0.25) is 11.9 Å². The molecule has 3 heterocycles. The number of hydrogen-bond donors (Lipinski definition) is 1. The summed E-state index contributed by atoms with van der Waals surface area (Å²) in [7, 11) is 0. The van der Waals surface area contributed by atoms with E-state index in [9.17, 15) is 14.0 Å². The van der Waals surface area contributed by atoms with Gasteiger partial charge >= 0.3 is 6.09 Å². The Balaban J connectivity index is 1.41. The number of anilines is 1. The third-order valence-electron chi connectivity index (χ3n) is 7.23. The molecule has 1 N–H and O–H groups in total. The molecule has 1 aliphatic carbocycles. The van der Waals surface area contributed by atoms with E-state index in [1.54, 1.807) is 41.5 Å². The second-order valence-corrected chi connectivity index (χ2v) is 10.8. The Kier molecular flexibility index (Phi) is 8.26. The van der Waals surface area contributed by atoms with Crippen molar-refractivity contribution in [1.29, 1.82) is 0 Å². The minimum absolute atomic E-state index is 0.00117. The van der Waals surface area contributed by atoms with Gasteiger partial charge in [-0.3, -0.25) is 10.1 Å². The Hall–Kier alpha value is -3.40. The van der Waals surface area contributed by atoms with Gasteiger partial charge in [0.1, 0.15) is 5.82 Å². The maximum atomic E-state index is 13.7. The molecule has 38 heavy (non-hydrogen) atoms. The molecule has 1 aromatic carbocycles. The minimum Gasteiger partial charge on any atom is -0.450 e. The van der Waals surface area contributed by atoms with E-state index in [0.717, 1.165) is 59.7 Å². The number of aromatic nitrogens is 3. The summed E-state index contributed by atoms with van der Waals surface area (Å²) in [4.78, 5) is 41.5. The average Bonchev–Trinajstić information content (AvgIpc) is 3.40. The first-order valence-corrected chi connectivity index (χ1v) is 14.2. The summed E-state index contributed by atoms with van der Waals surface area (Å²) >= 11 is 1.55. The van der Waals surface area contributed by atoms with Gasteiger partial charge < -0.3 is 9.64 Å². The van der Waals surface area contributed by atoms with Crippen molar-refractivity contribution in [3.8, 4) is 21.8 Å². The van der Waals surface area contributed by atoms with Crippen molar-refractivity contribution in [1.82, 2.24) is 19.9 Å². The minimum atomic E-state index is -0.313. The Morgan fingerprint density at radius 3 is 2.50 bits per heavy atom. The lowest BCUT2D eigenvalue weighted by atomic mass is 9.89. The van der Waals surface area contributed by atoms with Crippen molar-refractivity contribution in [2.75, 3.05) is 25.0 Å². The lowest BCUT2D eigenvalue weighted by Crippen LogP contribution is -2.38. The standard InChI is InChI=1S/C28H32FN5O3S/c1-2-37-28(36)34-16-13-20(14-17-34)26-32-23(18-8-10-21(29)11-9-18)24(38-26)22-12-15-30-27(31-22)33-25(35)19-6-4-3-5-7-19/h8-12,15,19-20H,2-7,13-14,16-17H2,1H3,(H,30,31,33,35). The van der Waals surface area contributed by atoms with Crippen molar-refractivity contribution < 1.29 is 18.7 Å². The highest BCUT2D eigenvalue weighted by molar-refractivity contribution is 7.15. The number of likely N-dealkylation sites (tertiary alicyclic amines) is 1. The molecule has 5 rings (SSSR count). The van der Waals surface area contributed by atoms with Crippen LogP contribution >= 0.6 is 11.3 Å². The maximum absolute atomic E-state index is 13.7. The number of nitrogens with one attached hydrogen (secondary N) is 1. The highest BCUT2D eigenvalue weighted by Gasteiger charge is 2.29. The largest absolute Gasteiger partial charge is 0.450 e. The summed E-state index contributed by atoms with van der Waals surface area (Å²) in [6, 6.07) is 8.09. The topological polar surface area (TPSA) is 97.3 Å². The Labute approximate surface area is 225 Å². The summed E-state index contributed by atoms with van der Waals surface area (Å²) < 4.78 is 18.8. The maximum Gasteiger partial charge on any atom is 0.409 e. The first-order valence-electron chi connectivity index (χ1n) is 13.3. The van der Waals surface area contributed by atoms with Gasteiger partial charge in [-0.25, -0.2) is 24.1 Å². The third-order valence-corrected chi connectivity index (χ3v) is 8.47. The summed E-state index contributed by atoms with van der Waals surface area (Å²) in [5.74, 6) is 0.124. The zero-order valence-corrected chi connectivity index (χ0v) is 22.3. The van der Waals surface area contributed by atoms with E-state index in [-0.39, 0.29) is 35.6 Å². The molecule has 200 valence electrons. The number of piperidine rings is 1. The molecule has 0 atom stereocenters. The molecular formula is C28H32FN5O3S. The van der Waals surface area contributed by atoms with Crippen LogP contribution in [0.4, 0.5) is 15.1 Å². The third kappa shape index (κ3) is 6.01. The molecule has 2 aromatic heterocycles.